The Morgan fingerprint density at radius 3 is 2.94 bits per heavy atom. The number of hydrogen-bond acceptors (Lipinski definition) is 8. The largest absolute Gasteiger partial charge is 0.340 e. The van der Waals surface area contributed by atoms with Gasteiger partial charge in [0.2, 0.25) is 0 Å². The highest BCUT2D eigenvalue weighted by atomic mass is 32.2. The van der Waals surface area contributed by atoms with Crippen molar-refractivity contribution in [2.75, 3.05) is 11.9 Å². The number of benzene rings is 1. The molecule has 1 aliphatic rings. The quantitative estimate of drug-likeness (QED) is 0.342. The highest BCUT2D eigenvalue weighted by Gasteiger charge is 2.20. The van der Waals surface area contributed by atoms with E-state index in [0.29, 0.717) is 15.5 Å². The molecule has 0 saturated carbocycles. The lowest BCUT2D eigenvalue weighted by atomic mass is 10.2. The number of nitrogens with one attached hydrogen (secondary N) is 2. The van der Waals surface area contributed by atoms with Crippen molar-refractivity contribution < 1.29 is 8.42 Å². The molecule has 170 valence electrons. The van der Waals surface area contributed by atoms with Crippen LogP contribution in [0.4, 0.5) is 11.5 Å². The van der Waals surface area contributed by atoms with E-state index >= 15 is 0 Å². The first-order valence-electron chi connectivity index (χ1n) is 10.7. The summed E-state index contributed by atoms with van der Waals surface area (Å²) >= 11 is 2.75. The molecular formula is C24H19N5O2S3. The molecule has 10 heteroatoms. The predicted molar refractivity (Wildman–Crippen MR) is 137 cm³/mol. The molecule has 1 aromatic carbocycles. The molecule has 6 rings (SSSR count). The van der Waals surface area contributed by atoms with Gasteiger partial charge >= 0.3 is 0 Å². The van der Waals surface area contributed by atoms with Crippen LogP contribution in [-0.4, -0.2) is 34.9 Å². The van der Waals surface area contributed by atoms with Gasteiger partial charge in [-0.1, -0.05) is 17.9 Å². The molecule has 0 amide bonds. The Balaban J connectivity index is 1.35. The summed E-state index contributed by atoms with van der Waals surface area (Å²) in [5.74, 6) is 7.31. The van der Waals surface area contributed by atoms with Crippen molar-refractivity contribution in [3.05, 3.63) is 65.2 Å². The molecule has 1 aliphatic heterocycles. The molecule has 0 aliphatic carbocycles. The summed E-state index contributed by atoms with van der Waals surface area (Å²) < 4.78 is 27.6. The summed E-state index contributed by atoms with van der Waals surface area (Å²) in [5.41, 5.74) is 2.34. The van der Waals surface area contributed by atoms with Crippen molar-refractivity contribution in [3.8, 4) is 11.8 Å². The first-order valence-corrected chi connectivity index (χ1v) is 13.9. The Morgan fingerprint density at radius 2 is 2.12 bits per heavy atom. The van der Waals surface area contributed by atoms with E-state index in [0.717, 1.165) is 46.2 Å². The molecule has 2 N–H and O–H groups in total. The number of nitrogens with zero attached hydrogens (tertiary/aromatic N) is 3. The summed E-state index contributed by atoms with van der Waals surface area (Å²) in [4.78, 5) is 9.75. The number of rotatable bonds is 4. The minimum atomic E-state index is -3.62. The molecule has 1 atom stereocenters. The van der Waals surface area contributed by atoms with Crippen LogP contribution in [0.1, 0.15) is 18.4 Å². The SMILES string of the molecule is O=S(=O)(c1cccs1)n1ccc2cc(Nc3ncnc4scc(C#C[C@H]5CCCN5)c34)ccc21. The van der Waals surface area contributed by atoms with Gasteiger partial charge in [-0.25, -0.2) is 13.9 Å². The van der Waals surface area contributed by atoms with Crippen molar-refractivity contribution >= 4 is 65.3 Å². The van der Waals surface area contributed by atoms with E-state index in [4.69, 9.17) is 0 Å². The van der Waals surface area contributed by atoms with Crippen molar-refractivity contribution in [1.29, 1.82) is 0 Å². The summed E-state index contributed by atoms with van der Waals surface area (Å²) in [6, 6.07) is 11.0. The Kier molecular flexibility index (Phi) is 5.34. The van der Waals surface area contributed by atoms with Gasteiger partial charge in [-0.05, 0) is 55.1 Å². The predicted octanol–water partition coefficient (Wildman–Crippen LogP) is 4.79. The second-order valence-electron chi connectivity index (χ2n) is 7.92. The van der Waals surface area contributed by atoms with Gasteiger partial charge in [-0.2, -0.15) is 8.42 Å². The van der Waals surface area contributed by atoms with Gasteiger partial charge in [-0.15, -0.1) is 22.7 Å². The van der Waals surface area contributed by atoms with Crippen molar-refractivity contribution in [1.82, 2.24) is 19.3 Å². The topological polar surface area (TPSA) is 88.9 Å². The molecule has 5 aromatic rings. The third kappa shape index (κ3) is 3.76. The minimum Gasteiger partial charge on any atom is -0.340 e. The molecule has 34 heavy (non-hydrogen) atoms. The maximum absolute atomic E-state index is 13.0. The van der Waals surface area contributed by atoms with Gasteiger partial charge < -0.3 is 10.6 Å². The van der Waals surface area contributed by atoms with Crippen molar-refractivity contribution in [3.63, 3.8) is 0 Å². The summed E-state index contributed by atoms with van der Waals surface area (Å²) in [5, 5.41) is 12.3. The Bertz CT molecular complexity index is 1670. The van der Waals surface area contributed by atoms with Crippen LogP contribution in [0, 0.1) is 11.8 Å². The second-order valence-corrected chi connectivity index (χ2v) is 11.8. The molecule has 0 bridgehead atoms. The average Bonchev–Trinajstić information content (AvgIpc) is 3.64. The lowest BCUT2D eigenvalue weighted by molar-refractivity contribution is 0.591. The van der Waals surface area contributed by atoms with Gasteiger partial charge in [0.05, 0.1) is 16.9 Å². The smallest absolute Gasteiger partial charge is 0.277 e. The monoisotopic (exact) mass is 505 g/mol. The van der Waals surface area contributed by atoms with Crippen LogP contribution in [0.25, 0.3) is 21.1 Å². The number of aromatic nitrogens is 3. The van der Waals surface area contributed by atoms with Gasteiger partial charge in [0.1, 0.15) is 21.2 Å². The van der Waals surface area contributed by atoms with E-state index in [1.807, 2.05) is 17.5 Å². The minimum absolute atomic E-state index is 0.230. The van der Waals surface area contributed by atoms with E-state index in [9.17, 15) is 8.42 Å². The number of fused-ring (bicyclic) bond motifs is 2. The standard InChI is InChI=1S/C24H19N5O2S3/c30-34(31,21-4-2-12-32-21)29-11-9-16-13-19(7-8-20(16)29)28-23-22-17(5-6-18-3-1-10-25-18)14-33-24(22)27-15-26-23/h2,4,7-9,11-15,18,25H,1,3,10H2,(H,26,27,28)/t18-/m1/s1. The summed E-state index contributed by atoms with van der Waals surface area (Å²) in [6.45, 7) is 1.01. The van der Waals surface area contributed by atoms with E-state index in [1.165, 1.54) is 15.3 Å². The Hall–Kier alpha value is -3.23. The number of thiophene rings is 2. The average molecular weight is 506 g/mol. The summed E-state index contributed by atoms with van der Waals surface area (Å²) in [6.07, 6.45) is 5.35. The fourth-order valence-corrected chi connectivity index (χ4v) is 7.35. The lowest BCUT2D eigenvalue weighted by Crippen LogP contribution is -2.18. The van der Waals surface area contributed by atoms with Crippen LogP contribution < -0.4 is 10.6 Å². The van der Waals surface area contributed by atoms with E-state index in [-0.39, 0.29) is 6.04 Å². The second kappa shape index (κ2) is 8.52. The molecule has 4 aromatic heterocycles. The zero-order valence-electron chi connectivity index (χ0n) is 17.9. The van der Waals surface area contributed by atoms with Gasteiger partial charge in [0, 0.05) is 28.2 Å². The normalized spacial score (nSPS) is 16.1. The fourth-order valence-electron chi connectivity index (χ4n) is 4.08. The first kappa shape index (κ1) is 21.3. The zero-order valence-corrected chi connectivity index (χ0v) is 20.3. The molecule has 1 saturated heterocycles. The van der Waals surface area contributed by atoms with Crippen LogP contribution in [0.3, 0.4) is 0 Å². The van der Waals surface area contributed by atoms with E-state index in [2.05, 4.69) is 32.4 Å². The van der Waals surface area contributed by atoms with Crippen LogP contribution in [0.5, 0.6) is 0 Å². The number of anilines is 2. The zero-order chi connectivity index (χ0) is 23.1. The van der Waals surface area contributed by atoms with Gasteiger partial charge in [0.25, 0.3) is 10.0 Å². The molecule has 0 spiro atoms. The van der Waals surface area contributed by atoms with Crippen LogP contribution in [0.15, 0.2) is 63.9 Å². The van der Waals surface area contributed by atoms with Crippen LogP contribution in [0.2, 0.25) is 0 Å². The summed E-state index contributed by atoms with van der Waals surface area (Å²) in [7, 11) is -3.62. The lowest BCUT2D eigenvalue weighted by Gasteiger charge is -2.09. The molecule has 7 nitrogen and oxygen atoms in total. The van der Waals surface area contributed by atoms with Crippen molar-refractivity contribution in [2.24, 2.45) is 0 Å². The Labute approximate surface area is 204 Å². The first-order chi connectivity index (χ1) is 16.6. The highest BCUT2D eigenvalue weighted by Crippen LogP contribution is 2.32. The molecular weight excluding hydrogens is 486 g/mol. The highest BCUT2D eigenvalue weighted by molar-refractivity contribution is 7.92. The molecule has 0 unspecified atom stereocenters. The van der Waals surface area contributed by atoms with Gasteiger partial charge in [0.15, 0.2) is 0 Å². The third-order valence-corrected chi connectivity index (χ3v) is 9.69. The van der Waals surface area contributed by atoms with Crippen LogP contribution in [-0.2, 0) is 10.0 Å². The van der Waals surface area contributed by atoms with E-state index < -0.39 is 10.0 Å². The van der Waals surface area contributed by atoms with Gasteiger partial charge in [-0.3, -0.25) is 0 Å². The maximum Gasteiger partial charge on any atom is 0.277 e. The van der Waals surface area contributed by atoms with E-state index in [1.54, 1.807) is 53.5 Å². The fraction of sp³-hybridized carbons (Fsp3) is 0.167. The maximum atomic E-state index is 13.0. The Morgan fingerprint density at radius 1 is 1.18 bits per heavy atom. The van der Waals surface area contributed by atoms with Crippen LogP contribution >= 0.6 is 22.7 Å². The number of hydrogen-bond donors (Lipinski definition) is 2. The molecule has 5 heterocycles. The third-order valence-electron chi connectivity index (χ3n) is 5.74. The van der Waals surface area contributed by atoms with Crippen molar-refractivity contribution in [2.45, 2.75) is 23.1 Å². The molecule has 1 fully saturated rings. The molecule has 0 radical (unpaired) electrons.